The van der Waals surface area contributed by atoms with Gasteiger partial charge in [0.2, 0.25) is 6.41 Å². The summed E-state index contributed by atoms with van der Waals surface area (Å²) in [6.07, 6.45) is 3.69. The number of carbonyl (C=O) groups excluding carboxylic acids is 3. The summed E-state index contributed by atoms with van der Waals surface area (Å²) in [7, 11) is 0. The van der Waals surface area contributed by atoms with Crippen LogP contribution in [0.4, 0.5) is 5.69 Å². The Kier molecular flexibility index (Phi) is 5.49. The molecule has 0 aliphatic carbocycles. The van der Waals surface area contributed by atoms with E-state index in [1.54, 1.807) is 15.9 Å². The maximum atomic E-state index is 12.7. The van der Waals surface area contributed by atoms with E-state index in [0.717, 1.165) is 17.5 Å². The fourth-order valence-electron chi connectivity index (χ4n) is 2.92. The van der Waals surface area contributed by atoms with Gasteiger partial charge in [-0.05, 0) is 43.2 Å². The highest BCUT2D eigenvalue weighted by Crippen LogP contribution is 2.16. The second-order valence-electron chi connectivity index (χ2n) is 6.65. The van der Waals surface area contributed by atoms with Crippen LogP contribution in [-0.2, 0) is 4.79 Å². The van der Waals surface area contributed by atoms with E-state index in [1.807, 2.05) is 32.0 Å². The number of amides is 3. The minimum atomic E-state index is -0.314. The molecule has 7 nitrogen and oxygen atoms in total. The van der Waals surface area contributed by atoms with E-state index in [1.165, 1.54) is 12.4 Å². The van der Waals surface area contributed by atoms with E-state index in [9.17, 15) is 14.4 Å². The maximum absolute atomic E-state index is 12.7. The lowest BCUT2D eigenvalue weighted by Crippen LogP contribution is -2.48. The Hall–Kier alpha value is -3.22. The van der Waals surface area contributed by atoms with Crippen molar-refractivity contribution in [1.82, 2.24) is 14.8 Å². The predicted molar refractivity (Wildman–Crippen MR) is 102 cm³/mol. The molecular formula is C20H22N4O3. The number of benzene rings is 1. The Labute approximate surface area is 158 Å². The van der Waals surface area contributed by atoms with Gasteiger partial charge in [-0.25, -0.2) is 0 Å². The lowest BCUT2D eigenvalue weighted by Gasteiger charge is -2.32. The van der Waals surface area contributed by atoms with Crippen LogP contribution in [0.1, 0.15) is 31.8 Å². The number of aryl methyl sites for hydroxylation is 2. The number of piperazine rings is 1. The number of carbonyl (C=O) groups is 3. The normalized spacial score (nSPS) is 14.0. The van der Waals surface area contributed by atoms with Gasteiger partial charge in [0.15, 0.2) is 0 Å². The van der Waals surface area contributed by atoms with E-state index >= 15 is 0 Å². The van der Waals surface area contributed by atoms with Crippen molar-refractivity contribution in [2.45, 2.75) is 13.8 Å². The molecule has 2 aromatic rings. The summed E-state index contributed by atoms with van der Waals surface area (Å²) in [4.78, 5) is 43.3. The van der Waals surface area contributed by atoms with Crippen LogP contribution in [0.3, 0.4) is 0 Å². The van der Waals surface area contributed by atoms with Crippen LogP contribution in [0.2, 0.25) is 0 Å². The summed E-state index contributed by atoms with van der Waals surface area (Å²) in [5.41, 5.74) is 3.62. The molecule has 0 atom stereocenters. The molecule has 1 aliphatic heterocycles. The first kappa shape index (κ1) is 18.6. The highest BCUT2D eigenvalue weighted by molar-refractivity contribution is 6.05. The largest absolute Gasteiger partial charge is 0.342 e. The summed E-state index contributed by atoms with van der Waals surface area (Å²) < 4.78 is 0. The molecule has 0 unspecified atom stereocenters. The van der Waals surface area contributed by atoms with E-state index in [0.29, 0.717) is 43.0 Å². The van der Waals surface area contributed by atoms with E-state index in [-0.39, 0.29) is 11.8 Å². The molecule has 2 heterocycles. The Morgan fingerprint density at radius 1 is 1.00 bits per heavy atom. The summed E-state index contributed by atoms with van der Waals surface area (Å²) in [6.45, 7) is 5.95. The van der Waals surface area contributed by atoms with Crippen molar-refractivity contribution >= 4 is 23.9 Å². The Morgan fingerprint density at radius 3 is 2.37 bits per heavy atom. The summed E-state index contributed by atoms with van der Waals surface area (Å²) in [5, 5.41) is 2.84. The predicted octanol–water partition coefficient (Wildman–Crippen LogP) is 1.86. The average molecular weight is 366 g/mol. The first-order valence-electron chi connectivity index (χ1n) is 8.80. The lowest BCUT2D eigenvalue weighted by molar-refractivity contribution is -0.119. The monoisotopic (exact) mass is 366 g/mol. The molecule has 1 N–H and O–H groups in total. The molecular weight excluding hydrogens is 344 g/mol. The van der Waals surface area contributed by atoms with Gasteiger partial charge in [-0.15, -0.1) is 0 Å². The molecule has 140 valence electrons. The third kappa shape index (κ3) is 4.31. The summed E-state index contributed by atoms with van der Waals surface area (Å²) in [5.74, 6) is -0.500. The van der Waals surface area contributed by atoms with Crippen molar-refractivity contribution < 1.29 is 14.4 Å². The first-order valence-corrected chi connectivity index (χ1v) is 8.80. The van der Waals surface area contributed by atoms with Crippen molar-refractivity contribution in [3.63, 3.8) is 0 Å². The fourth-order valence-corrected chi connectivity index (χ4v) is 2.92. The molecule has 1 fully saturated rings. The lowest BCUT2D eigenvalue weighted by atomic mass is 10.1. The third-order valence-electron chi connectivity index (χ3n) is 4.76. The van der Waals surface area contributed by atoms with Crippen LogP contribution < -0.4 is 5.32 Å². The minimum absolute atomic E-state index is 0.186. The number of nitrogens with zero attached hydrogens (tertiary/aromatic N) is 3. The summed E-state index contributed by atoms with van der Waals surface area (Å²) in [6, 6.07) is 7.25. The Morgan fingerprint density at radius 2 is 1.70 bits per heavy atom. The van der Waals surface area contributed by atoms with Gasteiger partial charge < -0.3 is 15.1 Å². The van der Waals surface area contributed by atoms with E-state index < -0.39 is 0 Å². The Balaban J connectivity index is 1.71. The first-order chi connectivity index (χ1) is 13.0. The number of hydrogen-bond donors (Lipinski definition) is 1. The van der Waals surface area contributed by atoms with Gasteiger partial charge in [0.25, 0.3) is 11.8 Å². The van der Waals surface area contributed by atoms with Crippen molar-refractivity contribution in [2.24, 2.45) is 0 Å². The molecule has 27 heavy (non-hydrogen) atoms. The molecule has 0 bridgehead atoms. The van der Waals surface area contributed by atoms with Crippen LogP contribution in [-0.4, -0.2) is 59.2 Å². The van der Waals surface area contributed by atoms with Gasteiger partial charge in [0.05, 0.1) is 11.1 Å². The van der Waals surface area contributed by atoms with Gasteiger partial charge in [0, 0.05) is 44.3 Å². The number of pyridine rings is 1. The van der Waals surface area contributed by atoms with Gasteiger partial charge in [-0.2, -0.15) is 0 Å². The molecule has 0 saturated carbocycles. The van der Waals surface area contributed by atoms with Crippen LogP contribution in [0, 0.1) is 13.8 Å². The van der Waals surface area contributed by atoms with Gasteiger partial charge in [-0.3, -0.25) is 19.4 Å². The second-order valence-corrected chi connectivity index (χ2v) is 6.65. The summed E-state index contributed by atoms with van der Waals surface area (Å²) >= 11 is 0. The van der Waals surface area contributed by atoms with Crippen molar-refractivity contribution in [1.29, 1.82) is 0 Å². The second kappa shape index (κ2) is 7.99. The quantitative estimate of drug-likeness (QED) is 0.838. The van der Waals surface area contributed by atoms with E-state index in [4.69, 9.17) is 0 Å². The standard InChI is InChI=1S/C20H22N4O3/c1-14-3-4-18(9-15(14)2)22-19(26)16-10-17(12-21-11-16)20(27)24-7-5-23(13-25)6-8-24/h3-4,9-13H,5-8H2,1-2H3,(H,22,26). The molecule has 3 rings (SSSR count). The van der Waals surface area contributed by atoms with Crippen molar-refractivity contribution in [3.8, 4) is 0 Å². The number of hydrogen-bond acceptors (Lipinski definition) is 4. The molecule has 7 heteroatoms. The SMILES string of the molecule is Cc1ccc(NC(=O)c2cncc(C(=O)N3CCN(C=O)CC3)c2)cc1C. The van der Waals surface area contributed by atoms with Crippen molar-refractivity contribution in [2.75, 3.05) is 31.5 Å². The van der Waals surface area contributed by atoms with E-state index in [2.05, 4.69) is 10.3 Å². The number of rotatable bonds is 4. The highest BCUT2D eigenvalue weighted by Gasteiger charge is 2.22. The molecule has 1 aromatic carbocycles. The average Bonchev–Trinajstić information content (AvgIpc) is 2.70. The number of anilines is 1. The van der Waals surface area contributed by atoms with Gasteiger partial charge in [-0.1, -0.05) is 6.07 Å². The molecule has 1 aromatic heterocycles. The van der Waals surface area contributed by atoms with Crippen molar-refractivity contribution in [3.05, 3.63) is 58.9 Å². The Bertz CT molecular complexity index is 873. The highest BCUT2D eigenvalue weighted by atomic mass is 16.2. The molecule has 1 aliphatic rings. The molecule has 1 saturated heterocycles. The van der Waals surface area contributed by atoms with Crippen LogP contribution >= 0.6 is 0 Å². The number of nitrogens with one attached hydrogen (secondary N) is 1. The fraction of sp³-hybridized carbons (Fsp3) is 0.300. The third-order valence-corrected chi connectivity index (χ3v) is 4.76. The van der Waals surface area contributed by atoms with Gasteiger partial charge >= 0.3 is 0 Å². The van der Waals surface area contributed by atoms with Gasteiger partial charge in [0.1, 0.15) is 0 Å². The molecule has 0 radical (unpaired) electrons. The minimum Gasteiger partial charge on any atom is -0.342 e. The zero-order valence-corrected chi connectivity index (χ0v) is 15.4. The zero-order chi connectivity index (χ0) is 19.4. The van der Waals surface area contributed by atoms with Crippen LogP contribution in [0.15, 0.2) is 36.7 Å². The topological polar surface area (TPSA) is 82.6 Å². The zero-order valence-electron chi connectivity index (χ0n) is 15.4. The molecule has 3 amide bonds. The van der Waals surface area contributed by atoms with Crippen LogP contribution in [0.5, 0.6) is 0 Å². The van der Waals surface area contributed by atoms with Crippen LogP contribution in [0.25, 0.3) is 0 Å². The molecule has 0 spiro atoms. The number of aromatic nitrogens is 1. The maximum Gasteiger partial charge on any atom is 0.257 e. The smallest absolute Gasteiger partial charge is 0.257 e.